The summed E-state index contributed by atoms with van der Waals surface area (Å²) in [6.45, 7) is 2.51. The number of aliphatic hydroxyl groups is 1. The van der Waals surface area contributed by atoms with Crippen LogP contribution in [0.2, 0.25) is 0 Å². The molecule has 0 aliphatic carbocycles. The molecule has 1 amide bonds. The molecule has 214 valence electrons. The lowest BCUT2D eigenvalue weighted by atomic mass is 9.98. The van der Waals surface area contributed by atoms with Crippen LogP contribution in [-0.2, 0) is 17.8 Å². The second-order valence-corrected chi connectivity index (χ2v) is 9.50. The number of hydrogen-bond donors (Lipinski definition) is 4. The van der Waals surface area contributed by atoms with Gasteiger partial charge in [0.2, 0.25) is 5.82 Å². The van der Waals surface area contributed by atoms with E-state index >= 15 is 0 Å². The average molecular weight is 568 g/mol. The Hall–Kier alpha value is -5.36. The van der Waals surface area contributed by atoms with Gasteiger partial charge in [-0.15, -0.1) is 10.2 Å². The minimum Gasteiger partial charge on any atom is -0.479 e. The predicted octanol–water partition coefficient (Wildman–Crippen LogP) is 2.96. The first-order valence-electron chi connectivity index (χ1n) is 13.3. The van der Waals surface area contributed by atoms with Gasteiger partial charge in [-0.1, -0.05) is 78.9 Å². The van der Waals surface area contributed by atoms with Gasteiger partial charge in [-0.3, -0.25) is 9.36 Å². The van der Waals surface area contributed by atoms with Crippen LogP contribution in [0, 0.1) is 0 Å². The number of aliphatic carboxylic acids is 1. The third kappa shape index (κ3) is 6.50. The van der Waals surface area contributed by atoms with Gasteiger partial charge in [-0.05, 0) is 40.8 Å². The molecule has 42 heavy (non-hydrogen) atoms. The van der Waals surface area contributed by atoms with E-state index in [1.807, 2.05) is 61.5 Å². The van der Waals surface area contributed by atoms with Crippen LogP contribution in [-0.4, -0.2) is 71.0 Å². The van der Waals surface area contributed by atoms with E-state index in [1.165, 1.54) is 0 Å². The van der Waals surface area contributed by atoms with Crippen LogP contribution in [0.1, 0.15) is 28.5 Å². The normalized spacial score (nSPS) is 12.4. The lowest BCUT2D eigenvalue weighted by molar-refractivity contribution is -0.148. The summed E-state index contributed by atoms with van der Waals surface area (Å²) in [5, 5.41) is 36.7. The minimum atomic E-state index is -1.80. The fourth-order valence-corrected chi connectivity index (χ4v) is 4.58. The maximum atomic E-state index is 13.2. The number of imidazole rings is 1. The number of benzene rings is 3. The molecule has 5 aromatic rings. The summed E-state index contributed by atoms with van der Waals surface area (Å²) >= 11 is 0. The lowest BCUT2D eigenvalue weighted by Crippen LogP contribution is -2.48. The van der Waals surface area contributed by atoms with Crippen molar-refractivity contribution in [3.8, 4) is 28.5 Å². The number of tetrazole rings is 1. The standard InChI is InChI=1S/C30H29N7O5/c1-2-42-30-32-25(28(39)31-24(26(38)29(40)41)16-19-8-4-3-5-9-19)18-37(30)17-20-12-14-21(15-13-20)22-10-6-7-11-23(22)27-33-35-36-34-27/h3-15,18,24,26,38H,2,16-17H2,1H3,(H,31,39)(H,40,41)(H,33,34,35,36)/t24-,26-/m1/s1. The van der Waals surface area contributed by atoms with Crippen LogP contribution in [0.5, 0.6) is 6.01 Å². The molecule has 0 bridgehead atoms. The Kier molecular flexibility index (Phi) is 8.64. The summed E-state index contributed by atoms with van der Waals surface area (Å²) in [6, 6.07) is 23.9. The number of hydrogen-bond acceptors (Lipinski definition) is 8. The van der Waals surface area contributed by atoms with Crippen molar-refractivity contribution >= 4 is 11.9 Å². The number of carboxylic acids is 1. The summed E-state index contributed by atoms with van der Waals surface area (Å²) in [6.07, 6.45) is -0.125. The van der Waals surface area contributed by atoms with E-state index in [9.17, 15) is 19.8 Å². The molecule has 0 saturated carbocycles. The fraction of sp³-hybridized carbons (Fsp3) is 0.200. The number of amides is 1. The third-order valence-electron chi connectivity index (χ3n) is 6.63. The number of H-pyrrole nitrogens is 1. The molecule has 12 nitrogen and oxygen atoms in total. The van der Waals surface area contributed by atoms with Crippen molar-refractivity contribution in [2.75, 3.05) is 6.61 Å². The van der Waals surface area contributed by atoms with Gasteiger partial charge >= 0.3 is 5.97 Å². The maximum absolute atomic E-state index is 13.2. The highest BCUT2D eigenvalue weighted by Crippen LogP contribution is 2.30. The zero-order valence-electron chi connectivity index (χ0n) is 22.7. The van der Waals surface area contributed by atoms with E-state index in [1.54, 1.807) is 35.0 Å². The largest absolute Gasteiger partial charge is 0.479 e. The van der Waals surface area contributed by atoms with Crippen LogP contribution in [0.3, 0.4) is 0 Å². The summed E-state index contributed by atoms with van der Waals surface area (Å²) in [5.74, 6) is -1.55. The molecule has 0 radical (unpaired) electrons. The van der Waals surface area contributed by atoms with Gasteiger partial charge < -0.3 is 20.3 Å². The van der Waals surface area contributed by atoms with Crippen LogP contribution in [0.4, 0.5) is 0 Å². The van der Waals surface area contributed by atoms with E-state index in [-0.39, 0.29) is 18.1 Å². The number of carbonyl (C=O) groups excluding carboxylic acids is 1. The molecule has 3 aromatic carbocycles. The number of nitrogens with one attached hydrogen (secondary N) is 2. The molecule has 4 N–H and O–H groups in total. The Morgan fingerprint density at radius 1 is 0.976 bits per heavy atom. The van der Waals surface area contributed by atoms with E-state index in [0.717, 1.165) is 27.8 Å². The fourth-order valence-electron chi connectivity index (χ4n) is 4.58. The van der Waals surface area contributed by atoms with Gasteiger partial charge in [0.05, 0.1) is 19.2 Å². The molecular weight excluding hydrogens is 538 g/mol. The Bertz CT molecular complexity index is 1640. The van der Waals surface area contributed by atoms with Crippen molar-refractivity contribution in [1.29, 1.82) is 0 Å². The maximum Gasteiger partial charge on any atom is 0.334 e. The number of aliphatic hydroxyl groups excluding tert-OH is 1. The second-order valence-electron chi connectivity index (χ2n) is 9.50. The number of aromatic nitrogens is 6. The first kappa shape index (κ1) is 28.2. The number of rotatable bonds is 12. The first-order chi connectivity index (χ1) is 20.4. The van der Waals surface area contributed by atoms with Crippen LogP contribution >= 0.6 is 0 Å². The van der Waals surface area contributed by atoms with Crippen molar-refractivity contribution in [2.24, 2.45) is 0 Å². The highest BCUT2D eigenvalue weighted by molar-refractivity contribution is 5.93. The van der Waals surface area contributed by atoms with Gasteiger partial charge in [0.25, 0.3) is 11.9 Å². The number of aromatic amines is 1. The summed E-state index contributed by atoms with van der Waals surface area (Å²) in [4.78, 5) is 29.0. The summed E-state index contributed by atoms with van der Waals surface area (Å²) in [7, 11) is 0. The molecule has 0 aliphatic heterocycles. The molecule has 5 rings (SSSR count). The predicted molar refractivity (Wildman–Crippen MR) is 153 cm³/mol. The molecule has 2 atom stereocenters. The zero-order chi connectivity index (χ0) is 29.5. The van der Waals surface area contributed by atoms with E-state index < -0.39 is 24.0 Å². The van der Waals surface area contributed by atoms with Crippen molar-refractivity contribution < 1.29 is 24.5 Å². The SMILES string of the molecule is CCOc1nc(C(=O)N[C@H](Cc2ccccc2)[C@@H](O)C(=O)O)cn1Cc1ccc(-c2ccccc2-c2nn[nH]n2)cc1. The van der Waals surface area contributed by atoms with Gasteiger partial charge in [0.1, 0.15) is 5.69 Å². The van der Waals surface area contributed by atoms with Gasteiger partial charge in [0.15, 0.2) is 6.10 Å². The van der Waals surface area contributed by atoms with Crippen molar-refractivity contribution in [2.45, 2.75) is 32.0 Å². The van der Waals surface area contributed by atoms with Crippen LogP contribution in [0.15, 0.2) is 85.1 Å². The molecule has 0 aliphatic rings. The Morgan fingerprint density at radius 2 is 1.69 bits per heavy atom. The topological polar surface area (TPSA) is 168 Å². The average Bonchev–Trinajstić information content (AvgIpc) is 3.68. The Balaban J connectivity index is 1.34. The van der Waals surface area contributed by atoms with E-state index in [0.29, 0.717) is 19.0 Å². The Morgan fingerprint density at radius 3 is 2.36 bits per heavy atom. The minimum absolute atomic E-state index is 0.0414. The molecule has 0 spiro atoms. The highest BCUT2D eigenvalue weighted by Gasteiger charge is 2.29. The van der Waals surface area contributed by atoms with Crippen molar-refractivity contribution in [1.82, 2.24) is 35.5 Å². The molecule has 12 heteroatoms. The summed E-state index contributed by atoms with van der Waals surface area (Å²) in [5.41, 5.74) is 4.52. The highest BCUT2D eigenvalue weighted by atomic mass is 16.5. The second kappa shape index (κ2) is 12.9. The van der Waals surface area contributed by atoms with E-state index in [2.05, 4.69) is 30.9 Å². The molecule has 0 saturated heterocycles. The number of carbonyl (C=O) groups is 2. The smallest absolute Gasteiger partial charge is 0.334 e. The summed E-state index contributed by atoms with van der Waals surface area (Å²) < 4.78 is 7.39. The van der Waals surface area contributed by atoms with Gasteiger partial charge in [-0.2, -0.15) is 10.2 Å². The molecule has 2 aromatic heterocycles. The lowest BCUT2D eigenvalue weighted by Gasteiger charge is -2.21. The molecule has 0 unspecified atom stereocenters. The Labute approximate surface area is 241 Å². The first-order valence-corrected chi connectivity index (χ1v) is 13.3. The molecule has 0 fully saturated rings. The van der Waals surface area contributed by atoms with Gasteiger partial charge in [0, 0.05) is 11.8 Å². The quantitative estimate of drug-likeness (QED) is 0.177. The molecular formula is C30H29N7O5. The van der Waals surface area contributed by atoms with Gasteiger partial charge in [-0.25, -0.2) is 4.79 Å². The number of ether oxygens (including phenoxy) is 1. The third-order valence-corrected chi connectivity index (χ3v) is 6.63. The molecule has 2 heterocycles. The van der Waals surface area contributed by atoms with E-state index in [4.69, 9.17) is 4.74 Å². The number of carboxylic acid groups (broad SMARTS) is 1. The zero-order valence-corrected chi connectivity index (χ0v) is 22.7. The monoisotopic (exact) mass is 567 g/mol. The van der Waals surface area contributed by atoms with Crippen molar-refractivity contribution in [3.63, 3.8) is 0 Å². The number of nitrogens with zero attached hydrogens (tertiary/aromatic N) is 5. The van der Waals surface area contributed by atoms with Crippen LogP contribution < -0.4 is 10.1 Å². The van der Waals surface area contributed by atoms with Crippen LogP contribution in [0.25, 0.3) is 22.5 Å². The van der Waals surface area contributed by atoms with Crippen molar-refractivity contribution in [3.05, 3.63) is 102 Å².